The molecule has 1 aromatic rings. The van der Waals surface area contributed by atoms with Crippen LogP contribution < -0.4 is 5.32 Å². The second-order valence-corrected chi connectivity index (χ2v) is 9.54. The Kier molecular flexibility index (Phi) is 5.21. The van der Waals surface area contributed by atoms with E-state index in [2.05, 4.69) is 38.2 Å². The van der Waals surface area contributed by atoms with Crippen LogP contribution in [0.2, 0.25) is 0 Å². The number of sulfone groups is 1. The minimum absolute atomic E-state index is 0.105. The highest BCUT2D eigenvalue weighted by Crippen LogP contribution is 2.34. The predicted molar refractivity (Wildman–Crippen MR) is 83.7 cm³/mol. The Bertz CT molecular complexity index is 512. The third kappa shape index (κ3) is 4.29. The van der Waals surface area contributed by atoms with Crippen molar-refractivity contribution in [1.29, 1.82) is 0 Å². The van der Waals surface area contributed by atoms with E-state index in [0.29, 0.717) is 0 Å². The molecule has 5 heteroatoms. The Morgan fingerprint density at radius 1 is 1.32 bits per heavy atom. The summed E-state index contributed by atoms with van der Waals surface area (Å²) in [6.45, 7) is 11.0. The van der Waals surface area contributed by atoms with Crippen molar-refractivity contribution < 1.29 is 8.42 Å². The van der Waals surface area contributed by atoms with E-state index in [1.165, 1.54) is 11.1 Å². The van der Waals surface area contributed by atoms with Gasteiger partial charge in [-0.2, -0.15) is 0 Å². The molecule has 1 heterocycles. The van der Waals surface area contributed by atoms with Gasteiger partial charge >= 0.3 is 0 Å². The predicted octanol–water partition coefficient (Wildman–Crippen LogP) is 3.13. The lowest BCUT2D eigenvalue weighted by Crippen LogP contribution is -2.34. The van der Waals surface area contributed by atoms with Crippen LogP contribution in [-0.4, -0.2) is 26.5 Å². The Hall–Kier alpha value is -0.390. The zero-order valence-electron chi connectivity index (χ0n) is 12.6. The number of nitrogens with one attached hydrogen (secondary N) is 1. The van der Waals surface area contributed by atoms with Gasteiger partial charge in [0.05, 0.1) is 11.3 Å². The van der Waals surface area contributed by atoms with Crippen LogP contribution in [0.25, 0.3) is 0 Å². The van der Waals surface area contributed by atoms with E-state index in [4.69, 9.17) is 0 Å². The van der Waals surface area contributed by atoms with Crippen LogP contribution in [0.1, 0.15) is 50.4 Å². The molecule has 0 spiro atoms. The van der Waals surface area contributed by atoms with Crippen molar-refractivity contribution in [3.63, 3.8) is 0 Å². The van der Waals surface area contributed by atoms with Crippen LogP contribution in [0.5, 0.6) is 0 Å². The normalized spacial score (nSPS) is 16.3. The van der Waals surface area contributed by atoms with Crippen LogP contribution >= 0.6 is 11.3 Å². The molecule has 0 aliphatic rings. The molecule has 1 rings (SSSR count). The minimum Gasteiger partial charge on any atom is -0.308 e. The van der Waals surface area contributed by atoms with Gasteiger partial charge in [0.1, 0.15) is 0 Å². The molecular formula is C14H25NO2S2. The molecule has 1 N–H and O–H groups in total. The number of hydrogen-bond donors (Lipinski definition) is 1. The van der Waals surface area contributed by atoms with Gasteiger partial charge in [-0.25, -0.2) is 8.42 Å². The molecule has 0 saturated carbocycles. The molecule has 0 aromatic carbocycles. The van der Waals surface area contributed by atoms with Crippen LogP contribution in [0.3, 0.4) is 0 Å². The monoisotopic (exact) mass is 303 g/mol. The zero-order chi connectivity index (χ0) is 14.8. The highest BCUT2D eigenvalue weighted by Gasteiger charge is 2.28. The Morgan fingerprint density at radius 2 is 1.89 bits per heavy atom. The molecular weight excluding hydrogens is 278 g/mol. The molecule has 0 fully saturated rings. The summed E-state index contributed by atoms with van der Waals surface area (Å²) in [7, 11) is -3.05. The molecule has 3 nitrogen and oxygen atoms in total. The van der Waals surface area contributed by atoms with Gasteiger partial charge in [0.25, 0.3) is 0 Å². The van der Waals surface area contributed by atoms with E-state index < -0.39 is 15.1 Å². The van der Waals surface area contributed by atoms with Gasteiger partial charge in [-0.1, -0.05) is 27.7 Å². The summed E-state index contributed by atoms with van der Waals surface area (Å²) in [5.74, 6) is 0. The third-order valence-corrected chi connectivity index (χ3v) is 6.46. The van der Waals surface area contributed by atoms with E-state index in [1.54, 1.807) is 18.3 Å². The first-order valence-corrected chi connectivity index (χ1v) is 9.37. The second kappa shape index (κ2) is 5.94. The van der Waals surface area contributed by atoms with E-state index in [0.717, 1.165) is 11.4 Å². The number of hydrogen-bond acceptors (Lipinski definition) is 4. The van der Waals surface area contributed by atoms with Crippen molar-refractivity contribution in [2.24, 2.45) is 0 Å². The van der Waals surface area contributed by atoms with Gasteiger partial charge in [-0.15, -0.1) is 11.3 Å². The van der Waals surface area contributed by atoms with Gasteiger partial charge in [-0.05, 0) is 31.0 Å². The quantitative estimate of drug-likeness (QED) is 0.909. The summed E-state index contributed by atoms with van der Waals surface area (Å²) < 4.78 is 23.6. The summed E-state index contributed by atoms with van der Waals surface area (Å²) >= 11 is 1.71. The molecule has 110 valence electrons. The standard InChI is InChI=1S/C14H25NO2S2/c1-7-15-13(10(2)19(6,16)17)11-8-9-12(18-11)14(3,4)5/h8-10,13,15H,7H2,1-6H3. The molecule has 0 amide bonds. The topological polar surface area (TPSA) is 46.2 Å². The van der Waals surface area contributed by atoms with Gasteiger partial charge in [0.15, 0.2) is 9.84 Å². The van der Waals surface area contributed by atoms with Gasteiger partial charge in [0.2, 0.25) is 0 Å². The summed E-state index contributed by atoms with van der Waals surface area (Å²) in [4.78, 5) is 2.39. The van der Waals surface area contributed by atoms with Crippen LogP contribution in [0.15, 0.2) is 12.1 Å². The van der Waals surface area contributed by atoms with Crippen molar-refractivity contribution in [2.45, 2.75) is 51.3 Å². The second-order valence-electron chi connectivity index (χ2n) is 6.02. The molecule has 0 aliphatic carbocycles. The fourth-order valence-electron chi connectivity index (χ4n) is 1.89. The molecule has 19 heavy (non-hydrogen) atoms. The molecule has 2 atom stereocenters. The molecule has 0 aliphatic heterocycles. The maximum Gasteiger partial charge on any atom is 0.151 e. The van der Waals surface area contributed by atoms with E-state index in [-0.39, 0.29) is 11.5 Å². The van der Waals surface area contributed by atoms with E-state index in [1.807, 2.05) is 6.92 Å². The lowest BCUT2D eigenvalue weighted by atomic mass is 9.95. The number of rotatable bonds is 5. The van der Waals surface area contributed by atoms with E-state index >= 15 is 0 Å². The minimum atomic E-state index is -3.05. The van der Waals surface area contributed by atoms with Crippen molar-refractivity contribution in [1.82, 2.24) is 5.32 Å². The Morgan fingerprint density at radius 3 is 2.26 bits per heavy atom. The summed E-state index contributed by atoms with van der Waals surface area (Å²) in [5.41, 5.74) is 0.105. The van der Waals surface area contributed by atoms with Gasteiger partial charge in [-0.3, -0.25) is 0 Å². The van der Waals surface area contributed by atoms with Gasteiger partial charge in [0, 0.05) is 16.0 Å². The average molecular weight is 303 g/mol. The lowest BCUT2D eigenvalue weighted by molar-refractivity contribution is 0.518. The van der Waals surface area contributed by atoms with Crippen LogP contribution in [0.4, 0.5) is 0 Å². The van der Waals surface area contributed by atoms with Crippen LogP contribution in [0, 0.1) is 0 Å². The summed E-state index contributed by atoms with van der Waals surface area (Å²) in [6, 6.07) is 4.04. The third-order valence-electron chi connectivity index (χ3n) is 3.24. The average Bonchev–Trinajstić information content (AvgIpc) is 2.72. The summed E-state index contributed by atoms with van der Waals surface area (Å²) in [5, 5.41) is 2.88. The first kappa shape index (κ1) is 16.7. The highest BCUT2D eigenvalue weighted by atomic mass is 32.2. The highest BCUT2D eigenvalue weighted by molar-refractivity contribution is 7.91. The smallest absolute Gasteiger partial charge is 0.151 e. The fraction of sp³-hybridized carbons (Fsp3) is 0.714. The SMILES string of the molecule is CCNC(c1ccc(C(C)(C)C)s1)C(C)S(C)(=O)=O. The molecule has 0 bridgehead atoms. The number of thiophene rings is 1. The van der Waals surface area contributed by atoms with Crippen molar-refractivity contribution in [3.8, 4) is 0 Å². The van der Waals surface area contributed by atoms with Crippen molar-refractivity contribution >= 4 is 21.2 Å². The lowest BCUT2D eigenvalue weighted by Gasteiger charge is -2.23. The molecule has 1 aromatic heterocycles. The maximum absolute atomic E-state index is 11.8. The van der Waals surface area contributed by atoms with Gasteiger partial charge < -0.3 is 5.32 Å². The Balaban J connectivity index is 3.10. The maximum atomic E-state index is 11.8. The molecule has 0 saturated heterocycles. The largest absolute Gasteiger partial charge is 0.308 e. The van der Waals surface area contributed by atoms with Crippen molar-refractivity contribution in [2.75, 3.05) is 12.8 Å². The zero-order valence-corrected chi connectivity index (χ0v) is 14.3. The Labute approximate surface area is 121 Å². The van der Waals surface area contributed by atoms with Crippen molar-refractivity contribution in [3.05, 3.63) is 21.9 Å². The first-order valence-electron chi connectivity index (χ1n) is 6.59. The molecule has 2 unspecified atom stereocenters. The van der Waals surface area contributed by atoms with Crippen LogP contribution in [-0.2, 0) is 15.3 Å². The first-order chi connectivity index (χ1) is 8.57. The fourth-order valence-corrected chi connectivity index (χ4v) is 3.96. The molecule has 0 radical (unpaired) electrons. The summed E-state index contributed by atoms with van der Waals surface area (Å²) in [6.07, 6.45) is 1.31. The van der Waals surface area contributed by atoms with E-state index in [9.17, 15) is 8.42 Å².